The zero-order chi connectivity index (χ0) is 13.8. The van der Waals surface area contributed by atoms with Crippen LogP contribution in [-0.4, -0.2) is 38.8 Å². The first-order valence-electron chi connectivity index (χ1n) is 6.39. The van der Waals surface area contributed by atoms with Gasteiger partial charge < -0.3 is 20.1 Å². The van der Waals surface area contributed by atoms with E-state index in [0.29, 0.717) is 25.5 Å². The van der Waals surface area contributed by atoms with Gasteiger partial charge in [-0.2, -0.15) is 0 Å². The van der Waals surface area contributed by atoms with E-state index in [0.717, 1.165) is 16.8 Å². The van der Waals surface area contributed by atoms with E-state index in [4.69, 9.17) is 9.47 Å². The van der Waals surface area contributed by atoms with Crippen molar-refractivity contribution in [3.05, 3.63) is 23.3 Å². The third-order valence-corrected chi connectivity index (χ3v) is 3.15. The van der Waals surface area contributed by atoms with E-state index in [1.165, 1.54) is 0 Å². The molecule has 1 aromatic rings. The number of methoxy groups -OCH3 is 1. The van der Waals surface area contributed by atoms with Gasteiger partial charge in [-0.25, -0.2) is 0 Å². The smallest absolute Gasteiger partial charge is 0.244 e. The van der Waals surface area contributed by atoms with Gasteiger partial charge in [0.05, 0.1) is 26.0 Å². The monoisotopic (exact) mass is 264 g/mol. The van der Waals surface area contributed by atoms with E-state index < -0.39 is 0 Å². The molecule has 2 N–H and O–H groups in total. The highest BCUT2D eigenvalue weighted by Crippen LogP contribution is 2.29. The van der Waals surface area contributed by atoms with Gasteiger partial charge in [-0.3, -0.25) is 4.79 Å². The molecule has 5 nitrogen and oxygen atoms in total. The summed E-state index contributed by atoms with van der Waals surface area (Å²) in [5, 5.41) is 6.05. The van der Waals surface area contributed by atoms with E-state index in [-0.39, 0.29) is 11.9 Å². The molecule has 0 saturated carbocycles. The fourth-order valence-corrected chi connectivity index (χ4v) is 2.19. The molecule has 19 heavy (non-hydrogen) atoms. The van der Waals surface area contributed by atoms with Crippen molar-refractivity contribution in [2.45, 2.75) is 19.9 Å². The molecular weight excluding hydrogens is 244 g/mol. The number of ether oxygens (including phenoxy) is 2. The normalized spacial score (nSPS) is 19.0. The van der Waals surface area contributed by atoms with Gasteiger partial charge in [0, 0.05) is 6.54 Å². The molecule has 5 heteroatoms. The number of benzene rings is 1. The van der Waals surface area contributed by atoms with Crippen LogP contribution >= 0.6 is 0 Å². The first-order valence-corrected chi connectivity index (χ1v) is 6.39. The summed E-state index contributed by atoms with van der Waals surface area (Å²) in [6, 6.07) is 3.62. The van der Waals surface area contributed by atoms with Crippen LogP contribution in [0.25, 0.3) is 0 Å². The summed E-state index contributed by atoms with van der Waals surface area (Å²) in [6.07, 6.45) is 0. The minimum Gasteiger partial charge on any atom is -0.495 e. The predicted molar refractivity (Wildman–Crippen MR) is 73.7 cm³/mol. The molecule has 1 aromatic carbocycles. The molecular formula is C14H20N2O3. The lowest BCUT2D eigenvalue weighted by Crippen LogP contribution is -2.48. The summed E-state index contributed by atoms with van der Waals surface area (Å²) in [7, 11) is 1.60. The fraction of sp³-hybridized carbons (Fsp3) is 0.500. The van der Waals surface area contributed by atoms with Gasteiger partial charge in [-0.05, 0) is 31.0 Å². The molecule has 1 aliphatic heterocycles. The number of amides is 1. The van der Waals surface area contributed by atoms with E-state index in [2.05, 4.69) is 10.6 Å². The summed E-state index contributed by atoms with van der Waals surface area (Å²) in [5.74, 6) is 0.590. The number of carbonyl (C=O) groups excluding carboxylic acids is 1. The number of rotatable bonds is 3. The summed E-state index contributed by atoms with van der Waals surface area (Å²) >= 11 is 0. The molecule has 104 valence electrons. The minimum absolute atomic E-state index is 0.0926. The number of anilines is 1. The van der Waals surface area contributed by atoms with Crippen LogP contribution in [0.1, 0.15) is 11.1 Å². The van der Waals surface area contributed by atoms with Gasteiger partial charge in [0.15, 0.2) is 0 Å². The Morgan fingerprint density at radius 2 is 2.26 bits per heavy atom. The van der Waals surface area contributed by atoms with Crippen LogP contribution in [0.3, 0.4) is 0 Å². The highest BCUT2D eigenvalue weighted by molar-refractivity contribution is 5.97. The first-order chi connectivity index (χ1) is 9.11. The van der Waals surface area contributed by atoms with E-state index in [9.17, 15) is 4.79 Å². The first kappa shape index (κ1) is 13.8. The minimum atomic E-state index is -0.306. The van der Waals surface area contributed by atoms with Gasteiger partial charge in [0.2, 0.25) is 5.91 Å². The lowest BCUT2D eigenvalue weighted by molar-refractivity contribution is -0.120. The average Bonchev–Trinajstić information content (AvgIpc) is 2.42. The summed E-state index contributed by atoms with van der Waals surface area (Å²) in [5.41, 5.74) is 2.82. The van der Waals surface area contributed by atoms with Crippen LogP contribution in [0.2, 0.25) is 0 Å². The van der Waals surface area contributed by atoms with Gasteiger partial charge in [0.25, 0.3) is 0 Å². The number of morpholine rings is 1. The SMILES string of the molecule is COc1cc(C)cc(C)c1NC(=O)C1COCCN1. The predicted octanol–water partition coefficient (Wildman–Crippen LogP) is 1.24. The number of hydrogen-bond acceptors (Lipinski definition) is 4. The molecule has 1 heterocycles. The Morgan fingerprint density at radius 1 is 1.47 bits per heavy atom. The van der Waals surface area contributed by atoms with Crippen molar-refractivity contribution < 1.29 is 14.3 Å². The van der Waals surface area contributed by atoms with E-state index in [1.807, 2.05) is 26.0 Å². The number of carbonyl (C=O) groups is 1. The van der Waals surface area contributed by atoms with Gasteiger partial charge in [-0.15, -0.1) is 0 Å². The van der Waals surface area contributed by atoms with Gasteiger partial charge in [-0.1, -0.05) is 6.07 Å². The van der Waals surface area contributed by atoms with Crippen molar-refractivity contribution >= 4 is 11.6 Å². The lowest BCUT2D eigenvalue weighted by Gasteiger charge is -2.24. The van der Waals surface area contributed by atoms with Crippen LogP contribution in [0.4, 0.5) is 5.69 Å². The topological polar surface area (TPSA) is 59.6 Å². The summed E-state index contributed by atoms with van der Waals surface area (Å²) < 4.78 is 10.6. The zero-order valence-electron chi connectivity index (χ0n) is 11.6. The maximum absolute atomic E-state index is 12.2. The molecule has 1 aliphatic rings. The van der Waals surface area contributed by atoms with Gasteiger partial charge in [0.1, 0.15) is 11.8 Å². The van der Waals surface area contributed by atoms with Crippen LogP contribution < -0.4 is 15.4 Å². The second-order valence-corrected chi connectivity index (χ2v) is 4.73. The molecule has 2 rings (SSSR count). The second-order valence-electron chi connectivity index (χ2n) is 4.73. The van der Waals surface area contributed by atoms with Crippen molar-refractivity contribution in [3.63, 3.8) is 0 Å². The van der Waals surface area contributed by atoms with Crippen LogP contribution in [0.5, 0.6) is 5.75 Å². The largest absolute Gasteiger partial charge is 0.495 e. The Balaban J connectivity index is 2.15. The van der Waals surface area contributed by atoms with Crippen molar-refractivity contribution in [3.8, 4) is 5.75 Å². The molecule has 0 aliphatic carbocycles. The maximum Gasteiger partial charge on any atom is 0.244 e. The third kappa shape index (κ3) is 3.24. The average molecular weight is 264 g/mol. The Kier molecular flexibility index (Phi) is 4.39. The maximum atomic E-state index is 12.2. The summed E-state index contributed by atoms with van der Waals surface area (Å²) in [4.78, 5) is 12.2. The Morgan fingerprint density at radius 3 is 2.89 bits per heavy atom. The number of nitrogens with one attached hydrogen (secondary N) is 2. The second kappa shape index (κ2) is 6.04. The molecule has 1 amide bonds. The van der Waals surface area contributed by atoms with Crippen molar-refractivity contribution in [2.24, 2.45) is 0 Å². The molecule has 0 radical (unpaired) electrons. The molecule has 1 fully saturated rings. The van der Waals surface area contributed by atoms with Crippen molar-refractivity contribution in [1.29, 1.82) is 0 Å². The van der Waals surface area contributed by atoms with Crippen molar-refractivity contribution in [1.82, 2.24) is 5.32 Å². The van der Waals surface area contributed by atoms with E-state index in [1.54, 1.807) is 7.11 Å². The standard InChI is InChI=1S/C14H20N2O3/c1-9-6-10(2)13(12(7-9)18-3)16-14(17)11-8-19-5-4-15-11/h6-7,11,15H,4-5,8H2,1-3H3,(H,16,17). The number of hydrogen-bond donors (Lipinski definition) is 2. The van der Waals surface area contributed by atoms with E-state index >= 15 is 0 Å². The molecule has 0 spiro atoms. The highest BCUT2D eigenvalue weighted by atomic mass is 16.5. The quantitative estimate of drug-likeness (QED) is 0.862. The number of aryl methyl sites for hydroxylation is 2. The molecule has 1 unspecified atom stereocenters. The van der Waals surface area contributed by atoms with Crippen LogP contribution in [0, 0.1) is 13.8 Å². The third-order valence-electron chi connectivity index (χ3n) is 3.15. The Hall–Kier alpha value is -1.59. The van der Waals surface area contributed by atoms with Crippen LogP contribution in [0.15, 0.2) is 12.1 Å². The molecule has 0 aromatic heterocycles. The molecule has 1 saturated heterocycles. The highest BCUT2D eigenvalue weighted by Gasteiger charge is 2.22. The Bertz CT molecular complexity index is 468. The lowest BCUT2D eigenvalue weighted by atomic mass is 10.1. The zero-order valence-corrected chi connectivity index (χ0v) is 11.6. The molecule has 0 bridgehead atoms. The van der Waals surface area contributed by atoms with Crippen LogP contribution in [-0.2, 0) is 9.53 Å². The fourth-order valence-electron chi connectivity index (χ4n) is 2.19. The Labute approximate surface area is 113 Å². The van der Waals surface area contributed by atoms with Crippen molar-refractivity contribution in [2.75, 3.05) is 32.2 Å². The molecule has 1 atom stereocenters. The summed E-state index contributed by atoms with van der Waals surface area (Å²) in [6.45, 7) is 5.70. The van der Waals surface area contributed by atoms with Gasteiger partial charge >= 0.3 is 0 Å².